The summed E-state index contributed by atoms with van der Waals surface area (Å²) in [6.45, 7) is 4.57. The second-order valence-corrected chi connectivity index (χ2v) is 5.23. The smallest absolute Gasteiger partial charge is 0.169 e. The average molecular weight is 255 g/mol. The van der Waals surface area contributed by atoms with Gasteiger partial charge in [0, 0.05) is 6.42 Å². The molecule has 0 aliphatic rings. The van der Waals surface area contributed by atoms with Gasteiger partial charge in [-0.05, 0) is 36.9 Å². The average Bonchev–Trinajstić information content (AvgIpc) is 2.30. The molecule has 0 radical (unpaired) electrons. The summed E-state index contributed by atoms with van der Waals surface area (Å²) in [7, 11) is 0. The molecule has 0 amide bonds. The third-order valence-corrected chi connectivity index (χ3v) is 3.10. The number of carbonyl (C=O) groups excluding carboxylic acids is 1. The number of benzene rings is 1. The van der Waals surface area contributed by atoms with Crippen LogP contribution in [0, 0.1) is 17.0 Å². The van der Waals surface area contributed by atoms with E-state index in [-0.39, 0.29) is 23.2 Å². The van der Waals surface area contributed by atoms with Gasteiger partial charge in [-0.1, -0.05) is 19.9 Å². The Morgan fingerprint density at radius 3 is 2.56 bits per heavy atom. The Labute approximate surface area is 106 Å². The molecule has 4 heteroatoms. The predicted octanol–water partition coefficient (Wildman–Crippen LogP) is 3.30. The number of rotatable bonds is 6. The van der Waals surface area contributed by atoms with E-state index in [4.69, 9.17) is 5.73 Å². The van der Waals surface area contributed by atoms with E-state index in [0.717, 1.165) is 12.5 Å². The van der Waals surface area contributed by atoms with E-state index in [1.165, 1.54) is 12.1 Å². The summed E-state index contributed by atoms with van der Waals surface area (Å²) in [5.41, 5.74) is 5.25. The first-order valence-electron chi connectivity index (χ1n) is 6.05. The molecule has 100 valence electrons. The predicted molar refractivity (Wildman–Crippen MR) is 67.4 cm³/mol. The van der Waals surface area contributed by atoms with Gasteiger partial charge in [-0.15, -0.1) is 0 Å². The van der Waals surface area contributed by atoms with Crippen LogP contribution in [0.2, 0.25) is 0 Å². The van der Waals surface area contributed by atoms with E-state index >= 15 is 0 Å². The number of carbonyl (C=O) groups is 1. The molecular weight excluding hydrogens is 236 g/mol. The van der Waals surface area contributed by atoms with Gasteiger partial charge >= 0.3 is 0 Å². The molecule has 0 aliphatic heterocycles. The van der Waals surface area contributed by atoms with Crippen molar-refractivity contribution in [1.29, 1.82) is 0 Å². The Morgan fingerprint density at radius 2 is 1.94 bits per heavy atom. The molecule has 18 heavy (non-hydrogen) atoms. The van der Waals surface area contributed by atoms with Crippen LogP contribution in [0.4, 0.5) is 8.78 Å². The molecule has 2 nitrogen and oxygen atoms in total. The second kappa shape index (κ2) is 6.05. The third kappa shape index (κ3) is 3.88. The molecule has 1 aromatic carbocycles. The minimum absolute atomic E-state index is 0.0613. The van der Waals surface area contributed by atoms with Gasteiger partial charge in [0.05, 0.1) is 5.56 Å². The van der Waals surface area contributed by atoms with Gasteiger partial charge < -0.3 is 5.73 Å². The summed E-state index contributed by atoms with van der Waals surface area (Å²) < 4.78 is 26.4. The van der Waals surface area contributed by atoms with Crippen LogP contribution in [0.25, 0.3) is 0 Å². The summed E-state index contributed by atoms with van der Waals surface area (Å²) in [6.07, 6.45) is 1.61. The highest BCUT2D eigenvalue weighted by Crippen LogP contribution is 2.27. The van der Waals surface area contributed by atoms with Gasteiger partial charge in [0.15, 0.2) is 17.4 Å². The molecule has 0 spiro atoms. The number of hydrogen-bond donors (Lipinski definition) is 1. The minimum atomic E-state index is -1.06. The van der Waals surface area contributed by atoms with E-state index in [0.29, 0.717) is 13.0 Å². The zero-order valence-electron chi connectivity index (χ0n) is 10.8. The summed E-state index contributed by atoms with van der Waals surface area (Å²) in [6, 6.07) is 3.66. The first kappa shape index (κ1) is 14.8. The quantitative estimate of drug-likeness (QED) is 0.792. The second-order valence-electron chi connectivity index (χ2n) is 5.23. The molecule has 0 saturated heterocycles. The molecule has 1 aromatic rings. The SMILES string of the molecule is CC(C)(CCN)CCC(=O)c1cccc(F)c1F. The van der Waals surface area contributed by atoms with Crippen molar-refractivity contribution in [2.24, 2.45) is 11.1 Å². The maximum atomic E-state index is 13.4. The molecule has 1 rings (SSSR count). The molecule has 0 bridgehead atoms. The van der Waals surface area contributed by atoms with E-state index < -0.39 is 11.6 Å². The Hall–Kier alpha value is -1.29. The van der Waals surface area contributed by atoms with Crippen molar-refractivity contribution in [2.45, 2.75) is 33.1 Å². The van der Waals surface area contributed by atoms with Crippen molar-refractivity contribution in [1.82, 2.24) is 0 Å². The number of halogens is 2. The zero-order valence-corrected chi connectivity index (χ0v) is 10.8. The van der Waals surface area contributed by atoms with Crippen LogP contribution < -0.4 is 5.73 Å². The monoisotopic (exact) mass is 255 g/mol. The van der Waals surface area contributed by atoms with Crippen molar-refractivity contribution >= 4 is 5.78 Å². The molecule has 0 aliphatic carbocycles. The lowest BCUT2D eigenvalue weighted by Crippen LogP contribution is -2.18. The van der Waals surface area contributed by atoms with Crippen LogP contribution in [0.5, 0.6) is 0 Å². The van der Waals surface area contributed by atoms with Gasteiger partial charge in [-0.25, -0.2) is 8.78 Å². The first-order chi connectivity index (χ1) is 8.37. The summed E-state index contributed by atoms with van der Waals surface area (Å²) >= 11 is 0. The Morgan fingerprint density at radius 1 is 1.28 bits per heavy atom. The van der Waals surface area contributed by atoms with Gasteiger partial charge in [0.25, 0.3) is 0 Å². The molecular formula is C14H19F2NO. The molecule has 2 N–H and O–H groups in total. The minimum Gasteiger partial charge on any atom is -0.330 e. The molecule has 0 heterocycles. The molecule has 0 unspecified atom stereocenters. The van der Waals surface area contributed by atoms with Gasteiger partial charge in [-0.2, -0.15) is 0 Å². The van der Waals surface area contributed by atoms with Crippen molar-refractivity contribution in [3.05, 3.63) is 35.4 Å². The Balaban J connectivity index is 2.69. The number of ketones is 1. The lowest BCUT2D eigenvalue weighted by molar-refractivity contribution is 0.0956. The standard InChI is InChI=1S/C14H19F2NO/c1-14(2,8-9-17)7-6-12(18)10-4-3-5-11(15)13(10)16/h3-5H,6-9,17H2,1-2H3. The zero-order chi connectivity index (χ0) is 13.8. The fourth-order valence-corrected chi connectivity index (χ4v) is 1.82. The largest absolute Gasteiger partial charge is 0.330 e. The highest BCUT2D eigenvalue weighted by Gasteiger charge is 2.21. The maximum Gasteiger partial charge on any atom is 0.169 e. The summed E-state index contributed by atoms with van der Waals surface area (Å²) in [5.74, 6) is -2.40. The van der Waals surface area contributed by atoms with Gasteiger partial charge in [0.1, 0.15) is 0 Å². The van der Waals surface area contributed by atoms with E-state index in [2.05, 4.69) is 0 Å². The number of Topliss-reactive ketones (excluding diaryl/α,β-unsaturated/α-hetero) is 1. The van der Waals surface area contributed by atoms with Crippen molar-refractivity contribution in [2.75, 3.05) is 6.54 Å². The van der Waals surface area contributed by atoms with Crippen LogP contribution in [-0.2, 0) is 0 Å². The fraction of sp³-hybridized carbons (Fsp3) is 0.500. The van der Waals surface area contributed by atoms with Crippen LogP contribution in [-0.4, -0.2) is 12.3 Å². The van der Waals surface area contributed by atoms with Crippen molar-refractivity contribution in [3.8, 4) is 0 Å². The van der Waals surface area contributed by atoms with Crippen LogP contribution >= 0.6 is 0 Å². The van der Waals surface area contributed by atoms with E-state index in [1.54, 1.807) is 0 Å². The lowest BCUT2D eigenvalue weighted by atomic mass is 9.83. The van der Waals surface area contributed by atoms with Crippen LogP contribution in [0.1, 0.15) is 43.5 Å². The lowest BCUT2D eigenvalue weighted by Gasteiger charge is -2.23. The van der Waals surface area contributed by atoms with Crippen molar-refractivity contribution < 1.29 is 13.6 Å². The molecule has 0 fully saturated rings. The van der Waals surface area contributed by atoms with E-state index in [1.807, 2.05) is 13.8 Å². The van der Waals surface area contributed by atoms with Gasteiger partial charge in [-0.3, -0.25) is 4.79 Å². The topological polar surface area (TPSA) is 43.1 Å². The summed E-state index contributed by atoms with van der Waals surface area (Å²) in [4.78, 5) is 11.8. The van der Waals surface area contributed by atoms with Gasteiger partial charge in [0.2, 0.25) is 0 Å². The Bertz CT molecular complexity index is 430. The first-order valence-corrected chi connectivity index (χ1v) is 6.05. The molecule has 0 aromatic heterocycles. The van der Waals surface area contributed by atoms with E-state index in [9.17, 15) is 13.6 Å². The normalized spacial score (nSPS) is 11.6. The van der Waals surface area contributed by atoms with Crippen LogP contribution in [0.15, 0.2) is 18.2 Å². The molecule has 0 atom stereocenters. The summed E-state index contributed by atoms with van der Waals surface area (Å²) in [5, 5.41) is 0. The Kier molecular flexibility index (Phi) is 4.96. The fourth-order valence-electron chi connectivity index (χ4n) is 1.82. The highest BCUT2D eigenvalue weighted by molar-refractivity contribution is 5.96. The molecule has 0 saturated carbocycles. The van der Waals surface area contributed by atoms with Crippen LogP contribution in [0.3, 0.4) is 0 Å². The third-order valence-electron chi connectivity index (χ3n) is 3.10. The number of hydrogen-bond acceptors (Lipinski definition) is 2. The maximum absolute atomic E-state index is 13.4. The number of nitrogens with two attached hydrogens (primary N) is 1. The van der Waals surface area contributed by atoms with Crippen molar-refractivity contribution in [3.63, 3.8) is 0 Å². The highest BCUT2D eigenvalue weighted by atomic mass is 19.2.